The summed E-state index contributed by atoms with van der Waals surface area (Å²) in [5, 5.41) is 3.70. The van der Waals surface area contributed by atoms with Gasteiger partial charge >= 0.3 is 0 Å². The van der Waals surface area contributed by atoms with Gasteiger partial charge in [-0.15, -0.1) is 0 Å². The molecule has 2 heterocycles. The third-order valence-corrected chi connectivity index (χ3v) is 5.29. The molecule has 1 saturated heterocycles. The van der Waals surface area contributed by atoms with Crippen LogP contribution in [0.4, 0.5) is 5.82 Å². The molecule has 0 aliphatic carbocycles. The number of rotatable bonds is 6. The van der Waals surface area contributed by atoms with Crippen molar-refractivity contribution in [1.29, 1.82) is 0 Å². The van der Waals surface area contributed by atoms with Crippen LogP contribution in [-0.2, 0) is 11.3 Å². The number of piperidine rings is 1. The highest BCUT2D eigenvalue weighted by atomic mass is 35.5. The Hall–Kier alpha value is -3.12. The topological polar surface area (TPSA) is 67.4 Å². The number of carbonyl (C=O) groups is 1. The fourth-order valence-electron chi connectivity index (χ4n) is 3.57. The highest BCUT2D eigenvalue weighted by Gasteiger charge is 2.28. The van der Waals surface area contributed by atoms with Gasteiger partial charge in [0.2, 0.25) is 5.91 Å². The number of benzene rings is 2. The molecule has 1 atom stereocenters. The Morgan fingerprint density at radius 1 is 1.13 bits per heavy atom. The van der Waals surface area contributed by atoms with E-state index in [9.17, 15) is 4.79 Å². The normalized spacial score (nSPS) is 16.2. The van der Waals surface area contributed by atoms with Crippen molar-refractivity contribution >= 4 is 23.3 Å². The van der Waals surface area contributed by atoms with Crippen LogP contribution in [0.15, 0.2) is 67.0 Å². The molecule has 2 aromatic carbocycles. The number of anilines is 1. The number of halogens is 1. The second-order valence-electron chi connectivity index (χ2n) is 7.23. The summed E-state index contributed by atoms with van der Waals surface area (Å²) in [6.07, 6.45) is 5.00. The molecule has 7 heteroatoms. The van der Waals surface area contributed by atoms with E-state index in [4.69, 9.17) is 16.3 Å². The van der Waals surface area contributed by atoms with Crippen molar-refractivity contribution in [1.82, 2.24) is 15.3 Å². The summed E-state index contributed by atoms with van der Waals surface area (Å²) >= 11 is 6.02. The van der Waals surface area contributed by atoms with E-state index < -0.39 is 0 Å². The Bertz CT molecular complexity index is 999. The van der Waals surface area contributed by atoms with Gasteiger partial charge in [0, 0.05) is 37.1 Å². The zero-order chi connectivity index (χ0) is 20.8. The Morgan fingerprint density at radius 2 is 1.97 bits per heavy atom. The summed E-state index contributed by atoms with van der Waals surface area (Å²) in [6, 6.07) is 17.0. The van der Waals surface area contributed by atoms with Crippen LogP contribution in [0.2, 0.25) is 5.02 Å². The molecule has 0 bridgehead atoms. The van der Waals surface area contributed by atoms with Crippen LogP contribution in [-0.4, -0.2) is 29.0 Å². The van der Waals surface area contributed by atoms with E-state index in [0.29, 0.717) is 35.6 Å². The van der Waals surface area contributed by atoms with Crippen LogP contribution in [0.25, 0.3) is 0 Å². The van der Waals surface area contributed by atoms with Gasteiger partial charge in [0.15, 0.2) is 5.82 Å². The Balaban J connectivity index is 1.42. The van der Waals surface area contributed by atoms with Gasteiger partial charge in [-0.2, -0.15) is 0 Å². The molecule has 0 radical (unpaired) electrons. The van der Waals surface area contributed by atoms with Gasteiger partial charge in [0.05, 0.1) is 5.92 Å². The lowest BCUT2D eigenvalue weighted by Gasteiger charge is -2.33. The zero-order valence-electron chi connectivity index (χ0n) is 16.5. The Morgan fingerprint density at radius 3 is 2.80 bits per heavy atom. The minimum absolute atomic E-state index is 0.0362. The van der Waals surface area contributed by atoms with Crippen LogP contribution in [0.3, 0.4) is 0 Å². The number of aromatic nitrogens is 2. The van der Waals surface area contributed by atoms with E-state index in [2.05, 4.69) is 20.2 Å². The summed E-state index contributed by atoms with van der Waals surface area (Å²) in [6.45, 7) is 1.84. The predicted molar refractivity (Wildman–Crippen MR) is 117 cm³/mol. The maximum Gasteiger partial charge on any atom is 0.263 e. The third-order valence-electron chi connectivity index (χ3n) is 5.05. The van der Waals surface area contributed by atoms with Crippen molar-refractivity contribution in [3.8, 4) is 11.6 Å². The minimum Gasteiger partial charge on any atom is -0.436 e. The maximum atomic E-state index is 12.8. The van der Waals surface area contributed by atoms with Crippen LogP contribution < -0.4 is 15.0 Å². The molecule has 1 aliphatic heterocycles. The smallest absolute Gasteiger partial charge is 0.263 e. The average molecular weight is 423 g/mol. The first-order valence-electron chi connectivity index (χ1n) is 10.00. The number of ether oxygens (including phenoxy) is 1. The number of hydrogen-bond acceptors (Lipinski definition) is 5. The van der Waals surface area contributed by atoms with Crippen LogP contribution in [0.1, 0.15) is 18.4 Å². The second kappa shape index (κ2) is 9.59. The quantitative estimate of drug-likeness (QED) is 0.635. The summed E-state index contributed by atoms with van der Waals surface area (Å²) in [5.74, 6) is 1.73. The van der Waals surface area contributed by atoms with Crippen LogP contribution >= 0.6 is 11.6 Å². The average Bonchev–Trinajstić information content (AvgIpc) is 2.79. The monoisotopic (exact) mass is 422 g/mol. The molecule has 1 aromatic heterocycles. The van der Waals surface area contributed by atoms with Gasteiger partial charge in [-0.1, -0.05) is 41.9 Å². The molecule has 3 aromatic rings. The molecular weight excluding hydrogens is 400 g/mol. The number of nitrogens with one attached hydrogen (secondary N) is 1. The fraction of sp³-hybridized carbons (Fsp3) is 0.261. The van der Waals surface area contributed by atoms with E-state index in [1.807, 2.05) is 54.6 Å². The Labute approximate surface area is 180 Å². The molecule has 30 heavy (non-hydrogen) atoms. The highest BCUT2D eigenvalue weighted by molar-refractivity contribution is 6.30. The molecule has 1 amide bonds. The molecule has 1 N–H and O–H groups in total. The van der Waals surface area contributed by atoms with Crippen molar-refractivity contribution < 1.29 is 9.53 Å². The summed E-state index contributed by atoms with van der Waals surface area (Å²) in [5.41, 5.74) is 0.982. The highest BCUT2D eigenvalue weighted by Crippen LogP contribution is 2.31. The van der Waals surface area contributed by atoms with E-state index in [-0.39, 0.29) is 11.8 Å². The summed E-state index contributed by atoms with van der Waals surface area (Å²) in [4.78, 5) is 23.7. The summed E-state index contributed by atoms with van der Waals surface area (Å²) in [7, 11) is 0. The maximum absolute atomic E-state index is 12.8. The van der Waals surface area contributed by atoms with Crippen LogP contribution in [0.5, 0.6) is 11.6 Å². The molecule has 1 aliphatic rings. The molecule has 4 rings (SSSR count). The number of amides is 1. The molecule has 0 spiro atoms. The van der Waals surface area contributed by atoms with Crippen molar-refractivity contribution in [3.05, 3.63) is 77.6 Å². The van der Waals surface area contributed by atoms with E-state index >= 15 is 0 Å². The van der Waals surface area contributed by atoms with Gasteiger partial charge in [0.1, 0.15) is 5.75 Å². The first kappa shape index (κ1) is 20.2. The van der Waals surface area contributed by atoms with Gasteiger partial charge in [0.25, 0.3) is 5.88 Å². The molecular formula is C23H23ClN4O2. The number of carbonyl (C=O) groups excluding carboxylic acids is 1. The molecule has 0 unspecified atom stereocenters. The molecule has 6 nitrogen and oxygen atoms in total. The third kappa shape index (κ3) is 5.07. The molecule has 0 saturated carbocycles. The summed E-state index contributed by atoms with van der Waals surface area (Å²) < 4.78 is 5.95. The lowest BCUT2D eigenvalue weighted by Crippen LogP contribution is -2.43. The van der Waals surface area contributed by atoms with E-state index in [1.54, 1.807) is 12.4 Å². The second-order valence-corrected chi connectivity index (χ2v) is 7.67. The van der Waals surface area contributed by atoms with Gasteiger partial charge in [-0.3, -0.25) is 4.79 Å². The lowest BCUT2D eigenvalue weighted by molar-refractivity contribution is -0.125. The number of para-hydroxylation sites is 1. The van der Waals surface area contributed by atoms with Crippen LogP contribution in [0, 0.1) is 5.92 Å². The fourth-order valence-corrected chi connectivity index (χ4v) is 3.78. The van der Waals surface area contributed by atoms with E-state index in [1.165, 1.54) is 0 Å². The zero-order valence-corrected chi connectivity index (χ0v) is 17.3. The van der Waals surface area contributed by atoms with Crippen molar-refractivity contribution in [2.45, 2.75) is 19.4 Å². The van der Waals surface area contributed by atoms with Gasteiger partial charge in [-0.05, 0) is 42.7 Å². The van der Waals surface area contributed by atoms with E-state index in [0.717, 1.165) is 24.9 Å². The van der Waals surface area contributed by atoms with Crippen molar-refractivity contribution in [3.63, 3.8) is 0 Å². The number of hydrogen-bond donors (Lipinski definition) is 1. The van der Waals surface area contributed by atoms with Crippen molar-refractivity contribution in [2.24, 2.45) is 5.92 Å². The largest absolute Gasteiger partial charge is 0.436 e. The number of nitrogens with zero attached hydrogens (tertiary/aromatic N) is 3. The first-order valence-corrected chi connectivity index (χ1v) is 10.4. The van der Waals surface area contributed by atoms with Gasteiger partial charge < -0.3 is 15.0 Å². The predicted octanol–water partition coefficient (Wildman–Crippen LogP) is 4.46. The molecule has 154 valence electrons. The van der Waals surface area contributed by atoms with Gasteiger partial charge in [-0.25, -0.2) is 9.97 Å². The standard InChI is InChI=1S/C23H23ClN4O2/c24-19-8-4-6-17(14-19)15-27-22(29)18-7-5-13-28(16-18)21-23(26-12-11-25-21)30-20-9-2-1-3-10-20/h1-4,6,8-12,14,18H,5,7,13,15-16H2,(H,27,29)/t18-/m0/s1. The Kier molecular flexibility index (Phi) is 6.44. The first-order chi connectivity index (χ1) is 14.7. The van der Waals surface area contributed by atoms with Crippen molar-refractivity contribution in [2.75, 3.05) is 18.0 Å². The lowest BCUT2D eigenvalue weighted by atomic mass is 9.97. The minimum atomic E-state index is -0.121. The molecule has 1 fully saturated rings. The SMILES string of the molecule is O=C(NCc1cccc(Cl)c1)[C@H]1CCCN(c2nccnc2Oc2ccccc2)C1.